The highest BCUT2D eigenvalue weighted by molar-refractivity contribution is 5.76. The second kappa shape index (κ2) is 17.5. The molecule has 1 N–H and O–H groups in total. The summed E-state index contributed by atoms with van der Waals surface area (Å²) in [6.45, 7) is 17.0. The SMILES string of the molecule is COC(=O)[C@H](Cc1ccc(OC(=O)OC(C)C(C)C)c(OC(=O)OC(C)C(C)C)c1)NCCOC(=O)C(C)C(C)C. The molecule has 41 heavy (non-hydrogen) atoms. The lowest BCUT2D eigenvalue weighted by atomic mass is 9.99. The largest absolute Gasteiger partial charge is 0.514 e. The van der Waals surface area contributed by atoms with E-state index in [1.54, 1.807) is 26.8 Å². The average Bonchev–Trinajstić information content (AvgIpc) is 2.90. The van der Waals surface area contributed by atoms with Crippen molar-refractivity contribution in [2.45, 2.75) is 87.0 Å². The predicted octanol–water partition coefficient (Wildman–Crippen LogP) is 5.32. The van der Waals surface area contributed by atoms with E-state index >= 15 is 0 Å². The molecule has 1 aromatic carbocycles. The zero-order chi connectivity index (χ0) is 31.3. The van der Waals surface area contributed by atoms with Crippen LogP contribution in [0.3, 0.4) is 0 Å². The van der Waals surface area contributed by atoms with Gasteiger partial charge in [0.1, 0.15) is 24.9 Å². The zero-order valence-electron chi connectivity index (χ0n) is 26.0. The number of nitrogens with one attached hydrogen (secondary N) is 1. The van der Waals surface area contributed by atoms with Crippen LogP contribution in [0, 0.1) is 23.7 Å². The van der Waals surface area contributed by atoms with Gasteiger partial charge in [-0.15, -0.1) is 0 Å². The Morgan fingerprint density at radius 1 is 0.732 bits per heavy atom. The van der Waals surface area contributed by atoms with Crippen LogP contribution in [0.15, 0.2) is 18.2 Å². The quantitative estimate of drug-likeness (QED) is 0.125. The maximum Gasteiger partial charge on any atom is 0.514 e. The second-order valence-corrected chi connectivity index (χ2v) is 11.1. The van der Waals surface area contributed by atoms with E-state index in [0.29, 0.717) is 5.56 Å². The van der Waals surface area contributed by atoms with E-state index in [4.69, 9.17) is 28.4 Å². The number of carbonyl (C=O) groups excluding carboxylic acids is 4. The Kier molecular flexibility index (Phi) is 15.2. The molecule has 0 radical (unpaired) electrons. The van der Waals surface area contributed by atoms with E-state index in [1.165, 1.54) is 19.2 Å². The lowest BCUT2D eigenvalue weighted by Gasteiger charge is -2.20. The smallest absolute Gasteiger partial charge is 0.468 e. The van der Waals surface area contributed by atoms with Gasteiger partial charge in [-0.05, 0) is 55.7 Å². The molecule has 0 aliphatic heterocycles. The maximum absolute atomic E-state index is 12.5. The summed E-state index contributed by atoms with van der Waals surface area (Å²) in [5.41, 5.74) is 0.564. The van der Waals surface area contributed by atoms with E-state index in [0.717, 1.165) is 0 Å². The highest BCUT2D eigenvalue weighted by Gasteiger charge is 2.24. The Balaban J connectivity index is 3.08. The van der Waals surface area contributed by atoms with Crippen molar-refractivity contribution in [3.63, 3.8) is 0 Å². The third-order valence-electron chi connectivity index (χ3n) is 6.87. The van der Waals surface area contributed by atoms with Crippen molar-refractivity contribution in [1.82, 2.24) is 5.32 Å². The molecular weight excluding hydrogens is 534 g/mol. The number of hydrogen-bond donors (Lipinski definition) is 1. The molecule has 0 saturated heterocycles. The first-order chi connectivity index (χ1) is 19.2. The molecule has 3 unspecified atom stereocenters. The molecular formula is C30H47NO10. The molecule has 4 atom stereocenters. The van der Waals surface area contributed by atoms with E-state index in [2.05, 4.69) is 5.32 Å². The Hall–Kier alpha value is -3.34. The molecule has 0 spiro atoms. The van der Waals surface area contributed by atoms with Crippen LogP contribution in [-0.4, -0.2) is 62.8 Å². The summed E-state index contributed by atoms with van der Waals surface area (Å²) in [6, 6.07) is 3.73. The summed E-state index contributed by atoms with van der Waals surface area (Å²) in [7, 11) is 1.27. The van der Waals surface area contributed by atoms with Gasteiger partial charge in [-0.25, -0.2) is 9.59 Å². The van der Waals surface area contributed by atoms with Gasteiger partial charge in [0.25, 0.3) is 0 Å². The minimum Gasteiger partial charge on any atom is -0.468 e. The maximum atomic E-state index is 12.5. The number of methoxy groups -OCH3 is 1. The van der Waals surface area contributed by atoms with Crippen LogP contribution >= 0.6 is 0 Å². The van der Waals surface area contributed by atoms with Crippen LogP contribution < -0.4 is 14.8 Å². The average molecular weight is 582 g/mol. The molecule has 1 rings (SSSR count). The highest BCUT2D eigenvalue weighted by atomic mass is 16.8. The van der Waals surface area contributed by atoms with Gasteiger partial charge in [-0.1, -0.05) is 54.5 Å². The Morgan fingerprint density at radius 2 is 1.27 bits per heavy atom. The molecule has 0 heterocycles. The van der Waals surface area contributed by atoms with Crippen molar-refractivity contribution in [3.05, 3.63) is 23.8 Å². The van der Waals surface area contributed by atoms with Crippen molar-refractivity contribution in [3.8, 4) is 11.5 Å². The number of hydrogen-bond acceptors (Lipinski definition) is 11. The van der Waals surface area contributed by atoms with Crippen molar-refractivity contribution < 1.29 is 47.6 Å². The standard InChI is InChI=1S/C30H47NO10/c1-17(2)20(7)27(32)37-14-13-31-24(28(33)36-10)15-23-11-12-25(40-29(34)38-21(8)18(3)4)26(16-23)41-30(35)39-22(9)19(5)6/h11-12,16-22,24,31H,13-15H2,1-10H3/t20?,21?,22?,24-/m0/s1. The second-order valence-electron chi connectivity index (χ2n) is 11.1. The van der Waals surface area contributed by atoms with Crippen LogP contribution in [0.1, 0.15) is 67.9 Å². The molecule has 11 heteroatoms. The van der Waals surface area contributed by atoms with E-state index < -0.39 is 36.5 Å². The van der Waals surface area contributed by atoms with Crippen LogP contribution in [0.5, 0.6) is 11.5 Å². The van der Waals surface area contributed by atoms with Gasteiger partial charge < -0.3 is 33.7 Å². The fourth-order valence-corrected chi connectivity index (χ4v) is 3.05. The molecule has 0 bridgehead atoms. The third-order valence-corrected chi connectivity index (χ3v) is 6.87. The minimum absolute atomic E-state index is 0.0526. The van der Waals surface area contributed by atoms with Crippen LogP contribution in [0.2, 0.25) is 0 Å². The number of benzene rings is 1. The fraction of sp³-hybridized carbons (Fsp3) is 0.667. The first-order valence-electron chi connectivity index (χ1n) is 14.0. The highest BCUT2D eigenvalue weighted by Crippen LogP contribution is 2.30. The van der Waals surface area contributed by atoms with Crippen LogP contribution in [0.25, 0.3) is 0 Å². The lowest BCUT2D eigenvalue weighted by molar-refractivity contribution is -0.149. The molecule has 0 aromatic heterocycles. The minimum atomic E-state index is -0.975. The van der Waals surface area contributed by atoms with Gasteiger partial charge in [-0.2, -0.15) is 0 Å². The van der Waals surface area contributed by atoms with Crippen molar-refractivity contribution in [2.24, 2.45) is 23.7 Å². The Morgan fingerprint density at radius 3 is 1.76 bits per heavy atom. The summed E-state index contributed by atoms with van der Waals surface area (Å²) in [5, 5.41) is 3.03. The Bertz CT molecular complexity index is 1010. The van der Waals surface area contributed by atoms with E-state index in [9.17, 15) is 19.2 Å². The summed E-state index contributed by atoms with van der Waals surface area (Å²) < 4.78 is 31.5. The van der Waals surface area contributed by atoms with Gasteiger partial charge in [0, 0.05) is 6.54 Å². The molecule has 11 nitrogen and oxygen atoms in total. The van der Waals surface area contributed by atoms with Crippen molar-refractivity contribution >= 4 is 24.2 Å². The summed E-state index contributed by atoms with van der Waals surface area (Å²) in [4.78, 5) is 49.4. The van der Waals surface area contributed by atoms with Crippen molar-refractivity contribution in [1.29, 1.82) is 0 Å². The molecule has 232 valence electrons. The normalized spacial score (nSPS) is 14.2. The summed E-state index contributed by atoms with van der Waals surface area (Å²) >= 11 is 0. The first kappa shape index (κ1) is 35.7. The molecule has 0 aliphatic rings. The van der Waals surface area contributed by atoms with E-state index in [-0.39, 0.29) is 60.7 Å². The summed E-state index contributed by atoms with van der Waals surface area (Å²) in [5.74, 6) is -0.968. The van der Waals surface area contributed by atoms with Crippen LogP contribution in [-0.2, 0) is 35.0 Å². The van der Waals surface area contributed by atoms with E-state index in [1.807, 2.05) is 41.5 Å². The predicted molar refractivity (Wildman–Crippen MR) is 152 cm³/mol. The Labute approximate surface area is 243 Å². The molecule has 0 saturated carbocycles. The molecule has 0 aliphatic carbocycles. The first-order valence-corrected chi connectivity index (χ1v) is 14.0. The zero-order valence-corrected chi connectivity index (χ0v) is 26.0. The van der Waals surface area contributed by atoms with Gasteiger partial charge in [0.15, 0.2) is 11.5 Å². The fourth-order valence-electron chi connectivity index (χ4n) is 3.05. The summed E-state index contributed by atoms with van der Waals surface area (Å²) in [6.07, 6.45) is -2.62. The molecule has 0 fully saturated rings. The molecule has 1 aromatic rings. The monoisotopic (exact) mass is 581 g/mol. The lowest BCUT2D eigenvalue weighted by Crippen LogP contribution is -2.41. The van der Waals surface area contributed by atoms with Gasteiger partial charge >= 0.3 is 24.2 Å². The number of rotatable bonds is 15. The van der Waals surface area contributed by atoms with Crippen molar-refractivity contribution in [2.75, 3.05) is 20.3 Å². The van der Waals surface area contributed by atoms with Crippen LogP contribution in [0.4, 0.5) is 9.59 Å². The number of carbonyl (C=O) groups is 4. The number of ether oxygens (including phenoxy) is 6. The topological polar surface area (TPSA) is 136 Å². The third kappa shape index (κ3) is 12.8. The van der Waals surface area contributed by atoms with Gasteiger partial charge in [0.05, 0.1) is 13.0 Å². The number of esters is 2. The van der Waals surface area contributed by atoms with Gasteiger partial charge in [0.2, 0.25) is 0 Å². The molecule has 0 amide bonds. The van der Waals surface area contributed by atoms with Gasteiger partial charge in [-0.3, -0.25) is 9.59 Å².